The zero-order valence-corrected chi connectivity index (χ0v) is 13.4. The summed E-state index contributed by atoms with van der Waals surface area (Å²) in [4.78, 5) is 23.8. The van der Waals surface area contributed by atoms with Gasteiger partial charge in [-0.3, -0.25) is 4.79 Å². The molecule has 0 fully saturated rings. The second-order valence-electron chi connectivity index (χ2n) is 4.81. The van der Waals surface area contributed by atoms with E-state index in [0.29, 0.717) is 28.4 Å². The monoisotopic (exact) mass is 330 g/mol. The molecule has 0 atom stereocenters. The van der Waals surface area contributed by atoms with Crippen LogP contribution in [-0.4, -0.2) is 32.7 Å². The topological polar surface area (TPSA) is 99.9 Å². The van der Waals surface area contributed by atoms with Crippen LogP contribution in [0.2, 0.25) is 0 Å². The van der Waals surface area contributed by atoms with Crippen molar-refractivity contribution in [1.29, 1.82) is 0 Å². The Kier molecular flexibility index (Phi) is 5.62. The van der Waals surface area contributed by atoms with Crippen molar-refractivity contribution in [3.8, 4) is 11.5 Å². The summed E-state index contributed by atoms with van der Waals surface area (Å²) in [7, 11) is 3.01. The van der Waals surface area contributed by atoms with Gasteiger partial charge in [0, 0.05) is 11.8 Å². The van der Waals surface area contributed by atoms with Crippen LogP contribution in [0.4, 0.5) is 11.4 Å². The zero-order chi connectivity index (χ0) is 17.5. The fraction of sp³-hybridized carbons (Fsp3) is 0.176. The van der Waals surface area contributed by atoms with E-state index < -0.39 is 18.5 Å². The molecule has 0 aromatic heterocycles. The van der Waals surface area contributed by atoms with Gasteiger partial charge in [0.2, 0.25) is 0 Å². The molecule has 3 N–H and O–H groups in total. The molecule has 0 aliphatic heterocycles. The smallest absolute Gasteiger partial charge is 0.338 e. The highest BCUT2D eigenvalue weighted by Crippen LogP contribution is 2.28. The number of benzene rings is 2. The van der Waals surface area contributed by atoms with E-state index in [9.17, 15) is 9.59 Å². The number of carbonyl (C=O) groups excluding carboxylic acids is 2. The Balaban J connectivity index is 1.93. The summed E-state index contributed by atoms with van der Waals surface area (Å²) in [5, 5.41) is 2.61. The molecule has 0 radical (unpaired) electrons. The van der Waals surface area contributed by atoms with Gasteiger partial charge in [0.1, 0.15) is 11.5 Å². The normalized spacial score (nSPS) is 9.92. The summed E-state index contributed by atoms with van der Waals surface area (Å²) in [5.74, 6) is -0.0544. The number of anilines is 2. The number of amides is 1. The maximum Gasteiger partial charge on any atom is 0.338 e. The first-order chi connectivity index (χ1) is 11.5. The van der Waals surface area contributed by atoms with Gasteiger partial charge in [-0.2, -0.15) is 0 Å². The molecule has 0 aliphatic carbocycles. The van der Waals surface area contributed by atoms with Gasteiger partial charge in [0.15, 0.2) is 6.61 Å². The molecule has 24 heavy (non-hydrogen) atoms. The van der Waals surface area contributed by atoms with Crippen molar-refractivity contribution in [2.24, 2.45) is 0 Å². The number of nitrogens with two attached hydrogens (primary N) is 1. The predicted octanol–water partition coefficient (Wildman–Crippen LogP) is 2.08. The first-order valence-electron chi connectivity index (χ1n) is 7.08. The zero-order valence-electron chi connectivity index (χ0n) is 13.4. The maximum atomic E-state index is 11.9. The Morgan fingerprint density at radius 2 is 1.75 bits per heavy atom. The van der Waals surface area contributed by atoms with Crippen LogP contribution in [0.25, 0.3) is 0 Å². The van der Waals surface area contributed by atoms with E-state index in [-0.39, 0.29) is 0 Å². The van der Waals surface area contributed by atoms with Crippen LogP contribution in [0.5, 0.6) is 11.5 Å². The van der Waals surface area contributed by atoms with Crippen LogP contribution in [-0.2, 0) is 9.53 Å². The summed E-state index contributed by atoms with van der Waals surface area (Å²) in [6.45, 7) is -0.418. The maximum absolute atomic E-state index is 11.9. The molecule has 7 heteroatoms. The predicted molar refractivity (Wildman–Crippen MR) is 89.3 cm³/mol. The molecule has 2 aromatic rings. The molecule has 0 unspecified atom stereocenters. The number of esters is 1. The highest BCUT2D eigenvalue weighted by Gasteiger charge is 2.12. The van der Waals surface area contributed by atoms with Gasteiger partial charge < -0.3 is 25.3 Å². The minimum atomic E-state index is -0.605. The van der Waals surface area contributed by atoms with Crippen molar-refractivity contribution in [3.05, 3.63) is 48.0 Å². The molecule has 2 rings (SSSR count). The minimum Gasteiger partial charge on any atom is -0.497 e. The molecular formula is C17H18N2O5. The second kappa shape index (κ2) is 7.87. The van der Waals surface area contributed by atoms with Gasteiger partial charge >= 0.3 is 5.97 Å². The van der Waals surface area contributed by atoms with Crippen LogP contribution in [0.3, 0.4) is 0 Å². The summed E-state index contributed by atoms with van der Waals surface area (Å²) < 4.78 is 15.2. The highest BCUT2D eigenvalue weighted by atomic mass is 16.5. The van der Waals surface area contributed by atoms with Crippen molar-refractivity contribution in [3.63, 3.8) is 0 Å². The van der Waals surface area contributed by atoms with E-state index in [0.717, 1.165) is 0 Å². The fourth-order valence-corrected chi connectivity index (χ4v) is 1.92. The number of rotatable bonds is 6. The molecule has 0 heterocycles. The van der Waals surface area contributed by atoms with Gasteiger partial charge in [-0.15, -0.1) is 0 Å². The molecular weight excluding hydrogens is 312 g/mol. The quantitative estimate of drug-likeness (QED) is 0.621. The summed E-state index contributed by atoms with van der Waals surface area (Å²) >= 11 is 0. The average Bonchev–Trinajstić information content (AvgIpc) is 2.60. The number of ether oxygens (including phenoxy) is 3. The third kappa shape index (κ3) is 4.39. The Morgan fingerprint density at radius 3 is 2.38 bits per heavy atom. The Hall–Kier alpha value is -3.22. The lowest BCUT2D eigenvalue weighted by atomic mass is 10.2. The molecule has 1 amide bonds. The van der Waals surface area contributed by atoms with Gasteiger partial charge in [-0.1, -0.05) is 0 Å². The van der Waals surface area contributed by atoms with E-state index in [1.807, 2.05) is 0 Å². The molecule has 0 bridgehead atoms. The number of hydrogen-bond acceptors (Lipinski definition) is 6. The summed E-state index contributed by atoms with van der Waals surface area (Å²) in [6, 6.07) is 11.2. The third-order valence-electron chi connectivity index (χ3n) is 3.16. The average molecular weight is 330 g/mol. The Morgan fingerprint density at radius 1 is 1.04 bits per heavy atom. The number of nitrogens with one attached hydrogen (secondary N) is 1. The van der Waals surface area contributed by atoms with Crippen molar-refractivity contribution in [2.45, 2.75) is 0 Å². The number of hydrogen-bond donors (Lipinski definition) is 2. The third-order valence-corrected chi connectivity index (χ3v) is 3.16. The minimum absolute atomic E-state index is 0.319. The Bertz CT molecular complexity index is 728. The van der Waals surface area contributed by atoms with Crippen molar-refractivity contribution in [2.75, 3.05) is 31.9 Å². The van der Waals surface area contributed by atoms with Crippen molar-refractivity contribution >= 4 is 23.3 Å². The van der Waals surface area contributed by atoms with Crippen LogP contribution in [0.15, 0.2) is 42.5 Å². The number of carbonyl (C=O) groups is 2. The van der Waals surface area contributed by atoms with E-state index >= 15 is 0 Å². The van der Waals surface area contributed by atoms with Crippen LogP contribution < -0.4 is 20.5 Å². The lowest BCUT2D eigenvalue weighted by molar-refractivity contribution is -0.119. The number of nitrogen functional groups attached to an aromatic ring is 1. The fourth-order valence-electron chi connectivity index (χ4n) is 1.92. The summed E-state index contributed by atoms with van der Waals surface area (Å²) in [6.07, 6.45) is 0. The molecule has 7 nitrogen and oxygen atoms in total. The lowest BCUT2D eigenvalue weighted by Gasteiger charge is -2.11. The van der Waals surface area contributed by atoms with E-state index in [1.54, 1.807) is 30.3 Å². The van der Waals surface area contributed by atoms with Gasteiger partial charge in [-0.05, 0) is 36.4 Å². The standard InChI is InChI=1S/C17H18N2O5/c1-22-13-7-8-14(15(9-13)23-2)19-16(20)10-24-17(21)11-3-5-12(18)6-4-11/h3-9H,10,18H2,1-2H3,(H,19,20). The van der Waals surface area contributed by atoms with Gasteiger partial charge in [0.25, 0.3) is 5.91 Å². The number of methoxy groups -OCH3 is 2. The highest BCUT2D eigenvalue weighted by molar-refractivity contribution is 5.96. The van der Waals surface area contributed by atoms with Gasteiger partial charge in [-0.25, -0.2) is 4.79 Å². The molecule has 0 aliphatic rings. The van der Waals surface area contributed by atoms with Crippen molar-refractivity contribution < 1.29 is 23.8 Å². The largest absolute Gasteiger partial charge is 0.497 e. The first kappa shape index (κ1) is 17.1. The van der Waals surface area contributed by atoms with E-state index in [4.69, 9.17) is 19.9 Å². The van der Waals surface area contributed by atoms with E-state index in [2.05, 4.69) is 5.32 Å². The molecule has 0 saturated carbocycles. The van der Waals surface area contributed by atoms with Crippen LogP contribution in [0.1, 0.15) is 10.4 Å². The molecule has 2 aromatic carbocycles. The SMILES string of the molecule is COc1ccc(NC(=O)COC(=O)c2ccc(N)cc2)c(OC)c1. The lowest BCUT2D eigenvalue weighted by Crippen LogP contribution is -2.21. The van der Waals surface area contributed by atoms with Gasteiger partial charge in [0.05, 0.1) is 25.5 Å². The summed E-state index contributed by atoms with van der Waals surface area (Å²) in [5.41, 5.74) is 6.85. The Labute approximate surface area is 139 Å². The molecule has 0 saturated heterocycles. The molecule has 0 spiro atoms. The van der Waals surface area contributed by atoms with Crippen LogP contribution >= 0.6 is 0 Å². The first-order valence-corrected chi connectivity index (χ1v) is 7.08. The van der Waals surface area contributed by atoms with E-state index in [1.165, 1.54) is 26.4 Å². The van der Waals surface area contributed by atoms with Crippen LogP contribution in [0, 0.1) is 0 Å². The van der Waals surface area contributed by atoms with Crippen molar-refractivity contribution in [1.82, 2.24) is 0 Å². The molecule has 126 valence electrons. The second-order valence-corrected chi connectivity index (χ2v) is 4.81.